The molecule has 8 heteroatoms. The number of nitrogens with zero attached hydrogens (tertiary/aromatic N) is 4. The normalized spacial score (nSPS) is 14.7. The van der Waals surface area contributed by atoms with Crippen LogP contribution >= 0.6 is 11.3 Å². The van der Waals surface area contributed by atoms with Gasteiger partial charge in [0.05, 0.1) is 17.4 Å². The summed E-state index contributed by atoms with van der Waals surface area (Å²) in [7, 11) is 0. The van der Waals surface area contributed by atoms with Crippen LogP contribution < -0.4 is 15.8 Å². The van der Waals surface area contributed by atoms with Crippen molar-refractivity contribution < 1.29 is 4.79 Å². The van der Waals surface area contributed by atoms with Crippen molar-refractivity contribution in [3.63, 3.8) is 0 Å². The summed E-state index contributed by atoms with van der Waals surface area (Å²) in [5.41, 5.74) is 6.01. The lowest BCUT2D eigenvalue weighted by atomic mass is 9.96. The van der Waals surface area contributed by atoms with Gasteiger partial charge in [-0.05, 0) is 18.9 Å². The lowest BCUT2D eigenvalue weighted by Gasteiger charge is -2.17. The maximum Gasteiger partial charge on any atom is 0.267 e. The topological polar surface area (TPSA) is 81.3 Å². The average molecular weight is 486 g/mol. The Morgan fingerprint density at radius 1 is 0.943 bits per heavy atom. The molecular formula is C27H27N5O2S. The molecule has 0 aliphatic heterocycles. The maximum atomic E-state index is 13.1. The van der Waals surface area contributed by atoms with E-state index < -0.39 is 0 Å². The van der Waals surface area contributed by atoms with Gasteiger partial charge in [0.25, 0.3) is 11.5 Å². The predicted octanol–water partition coefficient (Wildman–Crippen LogP) is 4.44. The van der Waals surface area contributed by atoms with Gasteiger partial charge in [0, 0.05) is 22.6 Å². The molecule has 0 atom stereocenters. The third-order valence-electron chi connectivity index (χ3n) is 6.11. The summed E-state index contributed by atoms with van der Waals surface area (Å²) in [6, 6.07) is 22.9. The Kier molecular flexibility index (Phi) is 6.99. The van der Waals surface area contributed by atoms with Crippen molar-refractivity contribution in [3.8, 4) is 22.5 Å². The lowest BCUT2D eigenvalue weighted by Crippen LogP contribution is -2.37. The minimum absolute atomic E-state index is 0.195. The van der Waals surface area contributed by atoms with Crippen LogP contribution in [0.1, 0.15) is 32.1 Å². The molecule has 2 aromatic carbocycles. The van der Waals surface area contributed by atoms with E-state index in [-0.39, 0.29) is 24.1 Å². The molecule has 0 unspecified atom stereocenters. The first-order valence-corrected chi connectivity index (χ1v) is 12.8. The molecule has 1 fully saturated rings. The molecule has 35 heavy (non-hydrogen) atoms. The van der Waals surface area contributed by atoms with Crippen LogP contribution in [0.2, 0.25) is 0 Å². The second kappa shape index (κ2) is 10.7. The number of hydrogen-bond donors (Lipinski definition) is 1. The third kappa shape index (κ3) is 5.49. The van der Waals surface area contributed by atoms with Gasteiger partial charge >= 0.3 is 0 Å². The van der Waals surface area contributed by atoms with Crippen LogP contribution in [0.3, 0.4) is 0 Å². The Morgan fingerprint density at radius 3 is 2.34 bits per heavy atom. The van der Waals surface area contributed by atoms with Crippen LogP contribution in [0.25, 0.3) is 22.5 Å². The number of aromatic nitrogens is 3. The third-order valence-corrected chi connectivity index (χ3v) is 6.95. The molecule has 4 aromatic rings. The highest BCUT2D eigenvalue weighted by Crippen LogP contribution is 2.22. The predicted molar refractivity (Wildman–Crippen MR) is 138 cm³/mol. The quantitative estimate of drug-likeness (QED) is 0.438. The van der Waals surface area contributed by atoms with Crippen molar-refractivity contribution in [3.05, 3.63) is 93.3 Å². The molecule has 5 rings (SSSR count). The van der Waals surface area contributed by atoms with Crippen molar-refractivity contribution in [1.82, 2.24) is 14.5 Å². The first-order valence-electron chi connectivity index (χ1n) is 11.9. The van der Waals surface area contributed by atoms with Crippen LogP contribution in [-0.2, 0) is 11.3 Å². The zero-order chi connectivity index (χ0) is 24.0. The monoisotopic (exact) mass is 485 g/mol. The summed E-state index contributed by atoms with van der Waals surface area (Å²) in [5, 5.41) is 6.43. The number of hydrogen-bond acceptors (Lipinski definition) is 5. The summed E-state index contributed by atoms with van der Waals surface area (Å²) < 4.78 is 2.95. The molecule has 1 N–H and O–H groups in total. The van der Waals surface area contributed by atoms with Crippen LogP contribution in [0.5, 0.6) is 0 Å². The molecule has 0 spiro atoms. The van der Waals surface area contributed by atoms with Crippen molar-refractivity contribution in [1.29, 1.82) is 0 Å². The molecular weight excluding hydrogens is 458 g/mol. The van der Waals surface area contributed by atoms with E-state index >= 15 is 0 Å². The Labute approximate surface area is 207 Å². The Hall–Kier alpha value is -3.78. The largest absolute Gasteiger partial charge is 0.271 e. The van der Waals surface area contributed by atoms with Crippen LogP contribution in [-0.4, -0.2) is 26.4 Å². The molecule has 1 aliphatic rings. The second-order valence-electron chi connectivity index (χ2n) is 8.64. The number of benzene rings is 2. The van der Waals surface area contributed by atoms with E-state index in [0.717, 1.165) is 34.5 Å². The number of amides is 1. The average Bonchev–Trinajstić information content (AvgIpc) is 3.28. The van der Waals surface area contributed by atoms with Gasteiger partial charge in [0.2, 0.25) is 4.80 Å². The van der Waals surface area contributed by atoms with Crippen LogP contribution in [0, 0.1) is 0 Å². The number of thiazole rings is 1. The van der Waals surface area contributed by atoms with Gasteiger partial charge in [-0.2, -0.15) is 5.10 Å². The van der Waals surface area contributed by atoms with Gasteiger partial charge < -0.3 is 0 Å². The molecule has 0 radical (unpaired) electrons. The van der Waals surface area contributed by atoms with Gasteiger partial charge in [-0.1, -0.05) is 79.9 Å². The highest BCUT2D eigenvalue weighted by Gasteiger charge is 2.16. The Bertz CT molecular complexity index is 1420. The maximum absolute atomic E-state index is 13.1. The van der Waals surface area contributed by atoms with Gasteiger partial charge in [-0.25, -0.2) is 9.36 Å². The van der Waals surface area contributed by atoms with E-state index in [1.54, 1.807) is 10.7 Å². The van der Waals surface area contributed by atoms with E-state index in [4.69, 9.17) is 4.99 Å². The Morgan fingerprint density at radius 2 is 1.63 bits per heavy atom. The zero-order valence-electron chi connectivity index (χ0n) is 19.3. The summed E-state index contributed by atoms with van der Waals surface area (Å²) in [6.07, 6.45) is 5.76. The van der Waals surface area contributed by atoms with Gasteiger partial charge in [0.1, 0.15) is 6.54 Å². The molecule has 2 heterocycles. The fourth-order valence-corrected chi connectivity index (χ4v) is 5.22. The second-order valence-corrected chi connectivity index (χ2v) is 9.48. The standard InChI is InChI=1S/C27H27N5O2S/c33-25(18-31-26(34)17-16-23(29-31)20-10-4-1-5-11-20)30-32-24(21-12-6-2-7-13-21)19-35-27(32)28-22-14-8-3-9-15-22/h1-2,4-7,10-13,16-17,19,22H,3,8-9,14-15,18H2,(H,30,33). The van der Waals surface area contributed by atoms with Gasteiger partial charge in [0.15, 0.2) is 0 Å². The van der Waals surface area contributed by atoms with Crippen molar-refractivity contribution >= 4 is 17.2 Å². The summed E-state index contributed by atoms with van der Waals surface area (Å²) in [4.78, 5) is 31.3. The number of carbonyl (C=O) groups excluding carboxylic acids is 1. The van der Waals surface area contributed by atoms with E-state index in [1.807, 2.05) is 66.0 Å². The molecule has 1 amide bonds. The molecule has 0 bridgehead atoms. The summed E-state index contributed by atoms with van der Waals surface area (Å²) in [6.45, 7) is -0.195. The van der Waals surface area contributed by atoms with Crippen molar-refractivity contribution in [2.45, 2.75) is 44.7 Å². The fraction of sp³-hybridized carbons (Fsp3) is 0.259. The molecule has 0 saturated heterocycles. The smallest absolute Gasteiger partial charge is 0.267 e. The fourth-order valence-electron chi connectivity index (χ4n) is 4.31. The van der Waals surface area contributed by atoms with E-state index in [0.29, 0.717) is 5.69 Å². The number of nitrogens with one attached hydrogen (secondary N) is 1. The lowest BCUT2D eigenvalue weighted by molar-refractivity contribution is -0.117. The van der Waals surface area contributed by atoms with Crippen LogP contribution in [0.4, 0.5) is 0 Å². The first-order chi connectivity index (χ1) is 17.2. The van der Waals surface area contributed by atoms with Crippen molar-refractivity contribution in [2.75, 3.05) is 5.43 Å². The molecule has 1 aliphatic carbocycles. The van der Waals surface area contributed by atoms with Crippen molar-refractivity contribution in [2.24, 2.45) is 4.99 Å². The van der Waals surface area contributed by atoms with E-state index in [1.165, 1.54) is 41.3 Å². The summed E-state index contributed by atoms with van der Waals surface area (Å²) in [5.74, 6) is -0.342. The zero-order valence-corrected chi connectivity index (χ0v) is 20.2. The van der Waals surface area contributed by atoms with E-state index in [9.17, 15) is 9.59 Å². The molecule has 178 valence electrons. The van der Waals surface area contributed by atoms with E-state index in [2.05, 4.69) is 10.5 Å². The minimum atomic E-state index is -0.342. The van der Waals surface area contributed by atoms with Crippen LogP contribution in [0.15, 0.2) is 88.0 Å². The molecule has 2 aromatic heterocycles. The number of rotatable bonds is 6. The van der Waals surface area contributed by atoms with Gasteiger partial charge in [-0.3, -0.25) is 20.0 Å². The highest BCUT2D eigenvalue weighted by molar-refractivity contribution is 7.07. The number of carbonyl (C=O) groups is 1. The SMILES string of the molecule is O=C(Cn1nc(-c2ccccc2)ccc1=O)Nn1c(-c2ccccc2)csc1=NC1CCCCC1. The first kappa shape index (κ1) is 23.0. The minimum Gasteiger partial charge on any atom is -0.271 e. The molecule has 1 saturated carbocycles. The highest BCUT2D eigenvalue weighted by atomic mass is 32.1. The summed E-state index contributed by atoms with van der Waals surface area (Å²) >= 11 is 1.51. The van der Waals surface area contributed by atoms with Gasteiger partial charge in [-0.15, -0.1) is 11.3 Å². The molecule has 7 nitrogen and oxygen atoms in total. The Balaban J connectivity index is 1.44.